The third-order valence-electron chi connectivity index (χ3n) is 7.67. The zero-order valence-electron chi connectivity index (χ0n) is 23.2. The number of nitrogens with zero attached hydrogens (tertiary/aromatic N) is 6. The maximum Gasteiger partial charge on any atom is 0.261 e. The van der Waals surface area contributed by atoms with Crippen LogP contribution in [0.15, 0.2) is 41.0 Å². The Labute approximate surface area is 271 Å². The highest BCUT2D eigenvalue weighted by molar-refractivity contribution is 9.10. The number of likely N-dealkylation sites (N-methyl/N-ethyl adjacent to an activating group) is 1. The normalized spacial score (nSPS) is 17.7. The number of piperazine rings is 1. The molecule has 10 nitrogen and oxygen atoms in total. The van der Waals surface area contributed by atoms with Crippen molar-refractivity contribution in [2.75, 3.05) is 73.2 Å². The van der Waals surface area contributed by atoms with E-state index >= 15 is 0 Å². The average molecular weight is 719 g/mol. The fraction of sp³-hybridized carbons (Fsp3) is 0.407. The molecule has 0 spiro atoms. The van der Waals surface area contributed by atoms with Crippen LogP contribution in [0.2, 0.25) is 15.1 Å². The van der Waals surface area contributed by atoms with E-state index in [1.54, 1.807) is 30.5 Å². The zero-order valence-corrected chi connectivity index (χ0v) is 27.8. The zero-order chi connectivity index (χ0) is 30.0. The third kappa shape index (κ3) is 7.41. The highest BCUT2D eigenvalue weighted by Gasteiger charge is 2.28. The van der Waals surface area contributed by atoms with Crippen LogP contribution in [-0.2, 0) is 11.3 Å². The van der Waals surface area contributed by atoms with E-state index in [1.807, 2.05) is 6.07 Å². The number of piperidine rings is 1. The topological polar surface area (TPSA) is 100 Å². The molecule has 2 aromatic carbocycles. The summed E-state index contributed by atoms with van der Waals surface area (Å²) in [5.74, 6) is 0.692. The van der Waals surface area contributed by atoms with Gasteiger partial charge in [0.25, 0.3) is 11.3 Å². The Morgan fingerprint density at radius 1 is 1.00 bits per heavy atom. The van der Waals surface area contributed by atoms with Gasteiger partial charge in [0, 0.05) is 63.6 Å². The predicted octanol–water partition coefficient (Wildman–Crippen LogP) is 6.48. The van der Waals surface area contributed by atoms with Gasteiger partial charge in [0.15, 0.2) is 0 Å². The summed E-state index contributed by atoms with van der Waals surface area (Å²) < 4.78 is 23.0. The van der Waals surface area contributed by atoms with Crippen LogP contribution in [0.25, 0.3) is 0 Å². The Morgan fingerprint density at radius 2 is 1.71 bits per heavy atom. The van der Waals surface area contributed by atoms with E-state index in [4.69, 9.17) is 34.8 Å². The summed E-state index contributed by atoms with van der Waals surface area (Å²) in [5.41, 5.74) is 2.43. The fourth-order valence-electron chi connectivity index (χ4n) is 5.26. The van der Waals surface area contributed by atoms with Gasteiger partial charge in [-0.1, -0.05) is 34.8 Å². The molecular weight excluding hydrogens is 687 g/mol. The second-order valence-corrected chi connectivity index (χ2v) is 13.5. The molecule has 226 valence electrons. The quantitative estimate of drug-likeness (QED) is 0.226. The van der Waals surface area contributed by atoms with Crippen LogP contribution >= 0.6 is 50.7 Å². The maximum atomic E-state index is 11.7. The highest BCUT2D eigenvalue weighted by Crippen LogP contribution is 2.38. The molecule has 0 amide bonds. The summed E-state index contributed by atoms with van der Waals surface area (Å²) in [6.07, 6.45) is 3.78. The summed E-state index contributed by atoms with van der Waals surface area (Å²) in [4.78, 5) is 16.3. The maximum absolute atomic E-state index is 11.7. The Morgan fingerprint density at radius 3 is 2.40 bits per heavy atom. The standard InChI is InChI=1S/C27H32BrCl3N8O2S/c1-36-9-11-38(12-10-36)18-5-7-39(8-6-18)25-15-20(30)22(14-21(25)31)34-27-32-16-19(28)26(35-27)33-23-13-17(29)3-4-24(23)37(2)42(40)41/h3-4,13-16,18H,5-12H2,1-2H3,(H,40,41)(H2,32,33,34,35). The van der Waals surface area contributed by atoms with Crippen molar-refractivity contribution in [3.8, 4) is 0 Å². The summed E-state index contributed by atoms with van der Waals surface area (Å²) in [6.45, 7) is 6.36. The highest BCUT2D eigenvalue weighted by atomic mass is 79.9. The van der Waals surface area contributed by atoms with E-state index in [2.05, 4.69) is 58.3 Å². The SMILES string of the molecule is CN1CCN(C2CCN(c3cc(Cl)c(Nc4ncc(Br)c(Nc5cc(Cl)ccc5N(C)S(=O)O)n4)cc3Cl)CC2)CC1. The van der Waals surface area contributed by atoms with E-state index in [9.17, 15) is 8.76 Å². The predicted molar refractivity (Wildman–Crippen MR) is 178 cm³/mol. The molecule has 42 heavy (non-hydrogen) atoms. The van der Waals surface area contributed by atoms with Gasteiger partial charge < -0.3 is 20.4 Å². The van der Waals surface area contributed by atoms with Crippen LogP contribution in [0.5, 0.6) is 0 Å². The Balaban J connectivity index is 1.29. The molecule has 3 N–H and O–H groups in total. The molecule has 15 heteroatoms. The van der Waals surface area contributed by atoms with Crippen molar-refractivity contribution in [2.24, 2.45) is 0 Å². The van der Waals surface area contributed by atoms with Crippen molar-refractivity contribution in [1.82, 2.24) is 19.8 Å². The minimum Gasteiger partial charge on any atom is -0.370 e. The van der Waals surface area contributed by atoms with E-state index in [0.29, 0.717) is 48.5 Å². The second kappa shape index (κ2) is 13.8. The first-order valence-electron chi connectivity index (χ1n) is 13.5. The van der Waals surface area contributed by atoms with Gasteiger partial charge in [-0.15, -0.1) is 0 Å². The lowest BCUT2D eigenvalue weighted by Crippen LogP contribution is -2.52. The lowest BCUT2D eigenvalue weighted by molar-refractivity contribution is 0.0982. The molecular formula is C27H32BrCl3N8O2S. The number of benzene rings is 2. The molecule has 3 heterocycles. The van der Waals surface area contributed by atoms with Gasteiger partial charge in [-0.2, -0.15) is 4.98 Å². The van der Waals surface area contributed by atoms with Crippen molar-refractivity contribution >= 4 is 96.5 Å². The number of aromatic nitrogens is 2. The lowest BCUT2D eigenvalue weighted by atomic mass is 10.0. The molecule has 0 saturated carbocycles. The molecule has 2 aliphatic heterocycles. The second-order valence-electron chi connectivity index (χ2n) is 10.4. The molecule has 1 unspecified atom stereocenters. The molecule has 1 atom stereocenters. The van der Waals surface area contributed by atoms with Gasteiger partial charge in [0.2, 0.25) is 5.95 Å². The van der Waals surface area contributed by atoms with Gasteiger partial charge in [0.1, 0.15) is 5.82 Å². The van der Waals surface area contributed by atoms with Crippen molar-refractivity contribution in [3.63, 3.8) is 0 Å². The monoisotopic (exact) mass is 716 g/mol. The number of hydrogen-bond acceptors (Lipinski definition) is 8. The van der Waals surface area contributed by atoms with Crippen LogP contribution in [0.3, 0.4) is 0 Å². The van der Waals surface area contributed by atoms with Gasteiger partial charge in [0.05, 0.1) is 37.3 Å². The molecule has 5 rings (SSSR count). The van der Waals surface area contributed by atoms with Crippen LogP contribution in [-0.4, -0.2) is 87.9 Å². The van der Waals surface area contributed by atoms with E-state index < -0.39 is 11.3 Å². The minimum absolute atomic E-state index is 0.280. The number of halogens is 4. The van der Waals surface area contributed by atoms with Gasteiger partial charge in [-0.3, -0.25) is 13.8 Å². The van der Waals surface area contributed by atoms with Crippen molar-refractivity contribution in [2.45, 2.75) is 18.9 Å². The first kappa shape index (κ1) is 31.5. The lowest BCUT2D eigenvalue weighted by Gasteiger charge is -2.42. The number of anilines is 6. The van der Waals surface area contributed by atoms with Crippen LogP contribution in [0, 0.1) is 0 Å². The number of nitrogens with one attached hydrogen (secondary N) is 2. The molecule has 0 radical (unpaired) electrons. The Hall–Kier alpha value is -1.90. The Bertz CT molecular complexity index is 1460. The molecule has 0 bridgehead atoms. The van der Waals surface area contributed by atoms with E-state index in [-0.39, 0.29) is 5.95 Å². The van der Waals surface area contributed by atoms with Gasteiger partial charge in [-0.05, 0) is 66.2 Å². The Kier molecular flexibility index (Phi) is 10.4. The number of rotatable bonds is 8. The van der Waals surface area contributed by atoms with E-state index in [1.165, 1.54) is 11.4 Å². The first-order chi connectivity index (χ1) is 20.1. The third-order valence-corrected chi connectivity index (χ3v) is 9.77. The van der Waals surface area contributed by atoms with Crippen molar-refractivity contribution < 1.29 is 8.76 Å². The average Bonchev–Trinajstić information content (AvgIpc) is 2.97. The summed E-state index contributed by atoms with van der Waals surface area (Å²) in [6, 6.07) is 9.22. The van der Waals surface area contributed by atoms with Gasteiger partial charge >= 0.3 is 0 Å². The molecule has 0 aliphatic carbocycles. The molecule has 1 aromatic heterocycles. The molecule has 3 aromatic rings. The first-order valence-corrected chi connectivity index (χ1v) is 16.5. The molecule has 2 fully saturated rings. The van der Waals surface area contributed by atoms with Crippen LogP contribution in [0.1, 0.15) is 12.8 Å². The van der Waals surface area contributed by atoms with Crippen molar-refractivity contribution in [3.05, 3.63) is 56.1 Å². The molecule has 2 saturated heterocycles. The van der Waals surface area contributed by atoms with Crippen molar-refractivity contribution in [1.29, 1.82) is 0 Å². The van der Waals surface area contributed by atoms with Crippen LogP contribution in [0.4, 0.5) is 34.5 Å². The summed E-state index contributed by atoms with van der Waals surface area (Å²) >= 11 is 20.9. The van der Waals surface area contributed by atoms with Crippen LogP contribution < -0.4 is 19.8 Å². The number of hydrogen-bond donors (Lipinski definition) is 3. The molecule has 2 aliphatic rings. The fourth-order valence-corrected chi connectivity index (χ4v) is 6.54. The van der Waals surface area contributed by atoms with E-state index in [0.717, 1.165) is 57.8 Å². The largest absolute Gasteiger partial charge is 0.370 e. The minimum atomic E-state index is -2.23. The summed E-state index contributed by atoms with van der Waals surface area (Å²) in [5, 5.41) is 7.88. The van der Waals surface area contributed by atoms with Gasteiger partial charge in [-0.25, -0.2) is 9.19 Å². The smallest absolute Gasteiger partial charge is 0.261 e. The summed E-state index contributed by atoms with van der Waals surface area (Å²) in [7, 11) is 3.68.